The Hall–Kier alpha value is -1.42. The van der Waals surface area contributed by atoms with Crippen LogP contribution >= 0.6 is 0 Å². The molecule has 0 heterocycles. The van der Waals surface area contributed by atoms with Crippen LogP contribution < -0.4 is 21.9 Å². The van der Waals surface area contributed by atoms with Gasteiger partial charge >= 0.3 is 0 Å². The minimum atomic E-state index is 0.452. The van der Waals surface area contributed by atoms with Gasteiger partial charge in [-0.25, -0.2) is 0 Å². The van der Waals surface area contributed by atoms with Crippen LogP contribution in [-0.4, -0.2) is 13.2 Å². The second-order valence-electron chi connectivity index (χ2n) is 2.40. The zero-order chi connectivity index (χ0) is 8.97. The predicted molar refractivity (Wildman–Crippen MR) is 49.8 cm³/mol. The van der Waals surface area contributed by atoms with E-state index in [1.807, 2.05) is 0 Å². The minimum absolute atomic E-state index is 0.452. The topological polar surface area (TPSA) is 87.3 Å². The number of nitrogen functional groups attached to an aromatic ring is 2. The minimum Gasteiger partial charge on any atom is -0.490 e. The van der Waals surface area contributed by atoms with Crippen LogP contribution in [0.5, 0.6) is 5.75 Å². The second-order valence-corrected chi connectivity index (χ2v) is 2.40. The molecule has 0 radical (unpaired) electrons. The lowest BCUT2D eigenvalue weighted by molar-refractivity contribution is 0.330. The van der Waals surface area contributed by atoms with Crippen LogP contribution in [-0.2, 0) is 0 Å². The average Bonchev–Trinajstić information content (AvgIpc) is 2.08. The van der Waals surface area contributed by atoms with Gasteiger partial charge in [0.2, 0.25) is 0 Å². The molecule has 4 nitrogen and oxygen atoms in total. The Morgan fingerprint density at radius 2 is 2.00 bits per heavy atom. The first-order valence-corrected chi connectivity index (χ1v) is 3.72. The van der Waals surface area contributed by atoms with Gasteiger partial charge in [0, 0.05) is 6.54 Å². The van der Waals surface area contributed by atoms with Crippen molar-refractivity contribution in [1.82, 2.24) is 0 Å². The highest BCUT2D eigenvalue weighted by molar-refractivity contribution is 5.70. The fourth-order valence-corrected chi connectivity index (χ4v) is 0.856. The molecule has 12 heavy (non-hydrogen) atoms. The van der Waals surface area contributed by atoms with E-state index >= 15 is 0 Å². The summed E-state index contributed by atoms with van der Waals surface area (Å²) in [7, 11) is 0. The van der Waals surface area contributed by atoms with Crippen LogP contribution in [0.3, 0.4) is 0 Å². The summed E-state index contributed by atoms with van der Waals surface area (Å²) in [5, 5.41) is 0. The summed E-state index contributed by atoms with van der Waals surface area (Å²) < 4.78 is 5.24. The predicted octanol–water partition coefficient (Wildman–Crippen LogP) is 0.188. The van der Waals surface area contributed by atoms with Crippen molar-refractivity contribution in [1.29, 1.82) is 0 Å². The third kappa shape index (κ3) is 1.79. The van der Waals surface area contributed by atoms with Gasteiger partial charge in [0.05, 0.1) is 11.4 Å². The molecule has 0 saturated carbocycles. The van der Waals surface area contributed by atoms with Gasteiger partial charge in [-0.3, -0.25) is 0 Å². The van der Waals surface area contributed by atoms with Gasteiger partial charge < -0.3 is 21.9 Å². The number of hydrogen-bond donors (Lipinski definition) is 3. The first-order valence-electron chi connectivity index (χ1n) is 3.72. The number of para-hydroxylation sites is 1. The SMILES string of the molecule is NCCOc1cccc(N)c1N. The summed E-state index contributed by atoms with van der Waals surface area (Å²) in [5.41, 5.74) is 17.5. The van der Waals surface area contributed by atoms with E-state index in [-0.39, 0.29) is 0 Å². The number of hydrogen-bond acceptors (Lipinski definition) is 4. The second kappa shape index (κ2) is 3.82. The van der Waals surface area contributed by atoms with E-state index in [2.05, 4.69) is 0 Å². The highest BCUT2D eigenvalue weighted by Crippen LogP contribution is 2.26. The van der Waals surface area contributed by atoms with Crippen LogP contribution in [0.4, 0.5) is 11.4 Å². The van der Waals surface area contributed by atoms with E-state index in [0.717, 1.165) is 0 Å². The third-order valence-corrected chi connectivity index (χ3v) is 1.48. The van der Waals surface area contributed by atoms with Crippen molar-refractivity contribution in [2.75, 3.05) is 24.6 Å². The number of nitrogens with two attached hydrogens (primary N) is 3. The van der Waals surface area contributed by atoms with Crippen molar-refractivity contribution in [2.24, 2.45) is 5.73 Å². The maximum Gasteiger partial charge on any atom is 0.144 e. The molecule has 6 N–H and O–H groups in total. The van der Waals surface area contributed by atoms with Crippen LogP contribution in [0.1, 0.15) is 0 Å². The molecule has 0 bridgehead atoms. The molecule has 0 fully saturated rings. The van der Waals surface area contributed by atoms with E-state index < -0.39 is 0 Å². The first-order chi connectivity index (χ1) is 5.75. The Morgan fingerprint density at radius 1 is 1.25 bits per heavy atom. The Labute approximate surface area is 71.3 Å². The monoisotopic (exact) mass is 167 g/mol. The molecule has 1 aromatic rings. The maximum absolute atomic E-state index is 5.63. The van der Waals surface area contributed by atoms with Crippen molar-refractivity contribution in [2.45, 2.75) is 0 Å². The third-order valence-electron chi connectivity index (χ3n) is 1.48. The van der Waals surface area contributed by atoms with E-state index in [0.29, 0.717) is 30.3 Å². The van der Waals surface area contributed by atoms with E-state index in [1.54, 1.807) is 18.2 Å². The molecule has 0 amide bonds. The van der Waals surface area contributed by atoms with Crippen LogP contribution in [0.15, 0.2) is 18.2 Å². The standard InChI is InChI=1S/C8H13N3O/c9-4-5-12-7-3-1-2-6(10)8(7)11/h1-3H,4-5,9-11H2. The molecule has 0 aliphatic carbocycles. The lowest BCUT2D eigenvalue weighted by Crippen LogP contribution is -2.11. The fraction of sp³-hybridized carbons (Fsp3) is 0.250. The summed E-state index contributed by atoms with van der Waals surface area (Å²) in [6.45, 7) is 0.919. The van der Waals surface area contributed by atoms with Gasteiger partial charge in [0.25, 0.3) is 0 Å². The van der Waals surface area contributed by atoms with Gasteiger partial charge in [-0.2, -0.15) is 0 Å². The fourth-order valence-electron chi connectivity index (χ4n) is 0.856. The molecule has 0 aliphatic rings. The average molecular weight is 167 g/mol. The van der Waals surface area contributed by atoms with Crippen molar-refractivity contribution in [3.8, 4) is 5.75 Å². The quantitative estimate of drug-likeness (QED) is 0.561. The summed E-state index contributed by atoms with van der Waals surface area (Å²) in [5.74, 6) is 0.598. The molecule has 4 heteroatoms. The van der Waals surface area contributed by atoms with E-state index in [4.69, 9.17) is 21.9 Å². The molecule has 0 atom stereocenters. The summed E-state index contributed by atoms with van der Waals surface area (Å²) >= 11 is 0. The number of anilines is 2. The van der Waals surface area contributed by atoms with Crippen molar-refractivity contribution in [3.05, 3.63) is 18.2 Å². The summed E-state index contributed by atoms with van der Waals surface area (Å²) in [6.07, 6.45) is 0. The molecule has 66 valence electrons. The number of rotatable bonds is 3. The molecule has 0 aliphatic heterocycles. The lowest BCUT2D eigenvalue weighted by Gasteiger charge is -2.08. The lowest BCUT2D eigenvalue weighted by atomic mass is 10.2. The van der Waals surface area contributed by atoms with Crippen LogP contribution in [0.25, 0.3) is 0 Å². The van der Waals surface area contributed by atoms with E-state index in [9.17, 15) is 0 Å². The zero-order valence-electron chi connectivity index (χ0n) is 6.79. The zero-order valence-corrected chi connectivity index (χ0v) is 6.79. The smallest absolute Gasteiger partial charge is 0.144 e. The highest BCUT2D eigenvalue weighted by Gasteiger charge is 2.01. The van der Waals surface area contributed by atoms with Crippen LogP contribution in [0.2, 0.25) is 0 Å². The first kappa shape index (κ1) is 8.67. The van der Waals surface area contributed by atoms with Crippen molar-refractivity contribution >= 4 is 11.4 Å². The van der Waals surface area contributed by atoms with Crippen molar-refractivity contribution < 1.29 is 4.74 Å². The Morgan fingerprint density at radius 3 is 2.67 bits per heavy atom. The van der Waals surface area contributed by atoms with Gasteiger partial charge in [0.1, 0.15) is 12.4 Å². The normalized spacial score (nSPS) is 9.75. The van der Waals surface area contributed by atoms with Crippen LogP contribution in [0, 0.1) is 0 Å². The molecule has 1 rings (SSSR count). The molecule has 0 unspecified atom stereocenters. The molecule has 1 aromatic carbocycles. The van der Waals surface area contributed by atoms with Gasteiger partial charge in [-0.15, -0.1) is 0 Å². The van der Waals surface area contributed by atoms with E-state index in [1.165, 1.54) is 0 Å². The molecule has 0 aromatic heterocycles. The molecule has 0 spiro atoms. The maximum atomic E-state index is 5.63. The van der Waals surface area contributed by atoms with Gasteiger partial charge in [-0.1, -0.05) is 6.07 Å². The number of ether oxygens (including phenoxy) is 1. The Kier molecular flexibility index (Phi) is 2.76. The summed E-state index contributed by atoms with van der Waals surface area (Å²) in [6, 6.07) is 5.28. The number of benzene rings is 1. The Bertz CT molecular complexity index is 262. The molecular formula is C8H13N3O. The largest absolute Gasteiger partial charge is 0.490 e. The van der Waals surface area contributed by atoms with Gasteiger partial charge in [0.15, 0.2) is 0 Å². The highest BCUT2D eigenvalue weighted by atomic mass is 16.5. The summed E-state index contributed by atoms with van der Waals surface area (Å²) in [4.78, 5) is 0. The Balaban J connectivity index is 2.78. The molecule has 0 saturated heterocycles. The molecular weight excluding hydrogens is 154 g/mol. The van der Waals surface area contributed by atoms with Gasteiger partial charge in [-0.05, 0) is 12.1 Å². The van der Waals surface area contributed by atoms with Crippen molar-refractivity contribution in [3.63, 3.8) is 0 Å².